The molecule has 0 radical (unpaired) electrons. The molecule has 25 heavy (non-hydrogen) atoms. The van der Waals surface area contributed by atoms with Crippen LogP contribution in [0.1, 0.15) is 27.2 Å². The fourth-order valence-electron chi connectivity index (χ4n) is 3.17. The molecule has 0 fully saturated rings. The molecule has 0 saturated carbocycles. The van der Waals surface area contributed by atoms with Crippen LogP contribution in [0, 0.1) is 0 Å². The number of carboxylic acid groups (broad SMARTS) is 1. The van der Waals surface area contributed by atoms with Gasteiger partial charge in [0.25, 0.3) is 5.56 Å². The zero-order chi connectivity index (χ0) is 17.9. The molecule has 0 aromatic carbocycles. The van der Waals surface area contributed by atoms with Crippen molar-refractivity contribution in [1.29, 1.82) is 0 Å². The van der Waals surface area contributed by atoms with Crippen molar-refractivity contribution in [2.75, 3.05) is 0 Å². The summed E-state index contributed by atoms with van der Waals surface area (Å²) in [4.78, 5) is 29.6. The third-order valence-electron chi connectivity index (χ3n) is 4.28. The van der Waals surface area contributed by atoms with Gasteiger partial charge in [0.15, 0.2) is 0 Å². The van der Waals surface area contributed by atoms with Gasteiger partial charge in [-0.3, -0.25) is 4.79 Å². The van der Waals surface area contributed by atoms with Crippen LogP contribution in [0.2, 0.25) is 0 Å². The maximum absolute atomic E-state index is 13.2. The fraction of sp³-hybridized carbons (Fsp3) is 0.188. The first-order chi connectivity index (χ1) is 11.8. The number of hydrogen-bond donors (Lipinski definition) is 2. The van der Waals surface area contributed by atoms with E-state index in [-0.39, 0.29) is 17.0 Å². The predicted molar refractivity (Wildman–Crippen MR) is 80.6 cm³/mol. The Labute approximate surface area is 137 Å². The quantitative estimate of drug-likeness (QED) is 0.707. The molecule has 3 aromatic rings. The Morgan fingerprint density at radius 3 is 2.76 bits per heavy atom. The van der Waals surface area contributed by atoms with Crippen molar-refractivity contribution in [1.82, 2.24) is 14.4 Å². The molecule has 128 valence electrons. The van der Waals surface area contributed by atoms with Gasteiger partial charge in [-0.25, -0.2) is 9.78 Å². The topological polar surface area (TPSA) is 87.5 Å². The number of rotatable bonds is 1. The largest absolute Gasteiger partial charge is 0.477 e. The second-order valence-corrected chi connectivity index (χ2v) is 5.74. The molecule has 0 aliphatic heterocycles. The highest BCUT2D eigenvalue weighted by Gasteiger charge is 2.35. The minimum Gasteiger partial charge on any atom is -0.477 e. The normalized spacial score (nSPS) is 13.6. The fourth-order valence-corrected chi connectivity index (χ4v) is 3.17. The minimum atomic E-state index is -4.56. The van der Waals surface area contributed by atoms with Crippen molar-refractivity contribution in [3.63, 3.8) is 0 Å². The van der Waals surface area contributed by atoms with Crippen LogP contribution in [0.25, 0.3) is 17.0 Å². The van der Waals surface area contributed by atoms with Crippen molar-refractivity contribution in [3.05, 3.63) is 57.1 Å². The molecule has 0 spiro atoms. The van der Waals surface area contributed by atoms with E-state index in [9.17, 15) is 22.8 Å². The number of fused-ring (bicyclic) bond motifs is 5. The van der Waals surface area contributed by atoms with Crippen molar-refractivity contribution in [2.24, 2.45) is 0 Å². The van der Waals surface area contributed by atoms with Crippen molar-refractivity contribution in [2.45, 2.75) is 19.0 Å². The summed E-state index contributed by atoms with van der Waals surface area (Å²) in [5.41, 5.74) is -0.713. The van der Waals surface area contributed by atoms with Gasteiger partial charge in [0, 0.05) is 6.20 Å². The van der Waals surface area contributed by atoms with Crippen molar-refractivity contribution < 1.29 is 23.1 Å². The van der Waals surface area contributed by atoms with E-state index in [4.69, 9.17) is 5.11 Å². The zero-order valence-corrected chi connectivity index (χ0v) is 12.5. The maximum atomic E-state index is 13.2. The third kappa shape index (κ3) is 2.23. The van der Waals surface area contributed by atoms with Crippen LogP contribution in [-0.2, 0) is 19.0 Å². The molecule has 9 heteroatoms. The van der Waals surface area contributed by atoms with E-state index < -0.39 is 28.8 Å². The van der Waals surface area contributed by atoms with Crippen LogP contribution < -0.4 is 5.56 Å². The van der Waals surface area contributed by atoms with Crippen LogP contribution in [-0.4, -0.2) is 25.4 Å². The number of alkyl halides is 3. The van der Waals surface area contributed by atoms with Gasteiger partial charge in [-0.2, -0.15) is 13.2 Å². The second kappa shape index (κ2) is 4.95. The molecule has 1 aliphatic carbocycles. The summed E-state index contributed by atoms with van der Waals surface area (Å²) >= 11 is 0. The number of pyridine rings is 2. The van der Waals surface area contributed by atoms with E-state index in [1.165, 1.54) is 22.7 Å². The first-order valence-electron chi connectivity index (χ1n) is 7.34. The summed E-state index contributed by atoms with van der Waals surface area (Å²) in [6.07, 6.45) is -2.29. The lowest BCUT2D eigenvalue weighted by Gasteiger charge is -2.16. The lowest BCUT2D eigenvalue weighted by atomic mass is 9.95. The highest BCUT2D eigenvalue weighted by molar-refractivity contribution is 5.88. The molecule has 3 aromatic heterocycles. The summed E-state index contributed by atoms with van der Waals surface area (Å²) in [5, 5.41) is 9.04. The van der Waals surface area contributed by atoms with Crippen LogP contribution in [0.5, 0.6) is 0 Å². The Bertz CT molecular complexity index is 1100. The number of aromatic amines is 1. The predicted octanol–water partition coefficient (Wildman–Crippen LogP) is 2.51. The molecule has 4 rings (SSSR count). The Balaban J connectivity index is 2.02. The molecule has 0 unspecified atom stereocenters. The summed E-state index contributed by atoms with van der Waals surface area (Å²) < 4.78 is 41.0. The van der Waals surface area contributed by atoms with E-state index >= 15 is 0 Å². The summed E-state index contributed by atoms with van der Waals surface area (Å²) in [5.74, 6) is -1.36. The van der Waals surface area contributed by atoms with E-state index in [2.05, 4.69) is 9.97 Å². The highest BCUT2D eigenvalue weighted by Crippen LogP contribution is 2.37. The minimum absolute atomic E-state index is 0.240. The molecule has 0 bridgehead atoms. The Hall–Kier alpha value is -3.10. The first-order valence-corrected chi connectivity index (χ1v) is 7.34. The van der Waals surface area contributed by atoms with Crippen LogP contribution in [0.15, 0.2) is 29.2 Å². The second-order valence-electron chi connectivity index (χ2n) is 5.74. The number of halogens is 3. The molecule has 0 atom stereocenters. The number of carboxylic acids is 1. The molecule has 2 N–H and O–H groups in total. The Morgan fingerprint density at radius 2 is 2.08 bits per heavy atom. The van der Waals surface area contributed by atoms with E-state index in [0.29, 0.717) is 24.1 Å². The van der Waals surface area contributed by atoms with Gasteiger partial charge in [-0.15, -0.1) is 0 Å². The van der Waals surface area contributed by atoms with E-state index in [1.807, 2.05) is 0 Å². The first kappa shape index (κ1) is 15.4. The molecule has 0 saturated heterocycles. The highest BCUT2D eigenvalue weighted by atomic mass is 19.4. The number of nitrogens with zero attached hydrogens (tertiary/aromatic N) is 2. The average Bonchev–Trinajstić information content (AvgIpc) is 2.92. The molecular weight excluding hydrogens is 339 g/mol. The molecule has 6 nitrogen and oxygen atoms in total. The van der Waals surface area contributed by atoms with Gasteiger partial charge >= 0.3 is 12.1 Å². The lowest BCUT2D eigenvalue weighted by molar-refractivity contribution is -0.136. The van der Waals surface area contributed by atoms with Gasteiger partial charge in [-0.1, -0.05) is 0 Å². The molecule has 3 heterocycles. The smallest absolute Gasteiger partial charge is 0.419 e. The van der Waals surface area contributed by atoms with E-state index in [0.717, 1.165) is 6.07 Å². The SMILES string of the molecule is O=C(O)c1cc2c([nH]c1=O)-c1nc3c(C(F)(F)F)cccn3c1CC2. The number of aromatic nitrogens is 3. The number of hydrogen-bond acceptors (Lipinski definition) is 3. The van der Waals surface area contributed by atoms with E-state index in [1.54, 1.807) is 0 Å². The molecular formula is C16H10F3N3O3. The zero-order valence-electron chi connectivity index (χ0n) is 12.5. The maximum Gasteiger partial charge on any atom is 0.419 e. The van der Waals surface area contributed by atoms with Gasteiger partial charge in [0.05, 0.1) is 17.0 Å². The Morgan fingerprint density at radius 1 is 1.32 bits per heavy atom. The lowest BCUT2D eigenvalue weighted by Crippen LogP contribution is -2.21. The van der Waals surface area contributed by atoms with Crippen LogP contribution in [0.3, 0.4) is 0 Å². The summed E-state index contributed by atoms with van der Waals surface area (Å²) in [7, 11) is 0. The number of H-pyrrole nitrogens is 1. The van der Waals surface area contributed by atoms with Crippen molar-refractivity contribution in [3.8, 4) is 11.4 Å². The third-order valence-corrected chi connectivity index (χ3v) is 4.28. The molecule has 0 amide bonds. The van der Waals surface area contributed by atoms with Gasteiger partial charge < -0.3 is 14.5 Å². The van der Waals surface area contributed by atoms with Crippen LogP contribution in [0.4, 0.5) is 13.2 Å². The Kier molecular flexibility index (Phi) is 3.05. The van der Waals surface area contributed by atoms with Gasteiger partial charge in [0.1, 0.15) is 16.9 Å². The number of aromatic carboxylic acids is 1. The average molecular weight is 349 g/mol. The summed E-state index contributed by atoms with van der Waals surface area (Å²) in [6, 6.07) is 3.50. The number of aryl methyl sites for hydroxylation is 2. The monoisotopic (exact) mass is 349 g/mol. The van der Waals surface area contributed by atoms with Gasteiger partial charge in [0.2, 0.25) is 0 Å². The summed E-state index contributed by atoms with van der Waals surface area (Å²) in [6.45, 7) is 0. The number of imidazole rings is 1. The number of nitrogens with one attached hydrogen (secondary N) is 1. The molecule has 1 aliphatic rings. The van der Waals surface area contributed by atoms with Crippen LogP contribution >= 0.6 is 0 Å². The van der Waals surface area contributed by atoms with Crippen molar-refractivity contribution >= 4 is 11.6 Å². The number of carbonyl (C=O) groups is 1. The standard InChI is InChI=1S/C16H10F3N3O3/c17-16(18,19)9-2-1-5-22-10-4-3-7-6-8(15(24)25)14(23)21-11(7)12(10)20-13(9)22/h1-2,5-6H,3-4H2,(H,21,23)(H,24,25). The van der Waals surface area contributed by atoms with Gasteiger partial charge in [-0.05, 0) is 36.6 Å².